The number of benzene rings is 1. The third kappa shape index (κ3) is 3.67. The lowest BCUT2D eigenvalue weighted by atomic mass is 9.92. The van der Waals surface area contributed by atoms with Crippen molar-refractivity contribution in [2.75, 3.05) is 13.7 Å². The number of ether oxygens (including phenoxy) is 1. The van der Waals surface area contributed by atoms with Crippen LogP contribution in [0.25, 0.3) is 0 Å². The summed E-state index contributed by atoms with van der Waals surface area (Å²) in [5.41, 5.74) is 0.243. The van der Waals surface area contributed by atoms with Crippen LogP contribution in [-0.4, -0.2) is 25.3 Å². The van der Waals surface area contributed by atoms with E-state index < -0.39 is 0 Å². The van der Waals surface area contributed by atoms with Gasteiger partial charge in [-0.15, -0.1) is 0 Å². The lowest BCUT2D eigenvalue weighted by molar-refractivity contribution is -0.0364. The molecule has 18 heavy (non-hydrogen) atoms. The fourth-order valence-corrected chi connectivity index (χ4v) is 2.29. The minimum atomic E-state index is -0.363. The Kier molecular flexibility index (Phi) is 5.57. The Labute approximate surface area is 113 Å². The van der Waals surface area contributed by atoms with Crippen LogP contribution < -0.4 is 5.32 Å². The molecule has 4 heteroatoms. The van der Waals surface area contributed by atoms with Gasteiger partial charge in [0.15, 0.2) is 0 Å². The van der Waals surface area contributed by atoms with Crippen LogP contribution in [0.4, 0.5) is 4.39 Å². The predicted molar refractivity (Wildman–Crippen MR) is 73.7 cm³/mol. The molecular weight excluding hydrogens is 253 g/mol. The van der Waals surface area contributed by atoms with E-state index in [-0.39, 0.29) is 22.5 Å². The van der Waals surface area contributed by atoms with Crippen molar-refractivity contribution in [3.63, 3.8) is 0 Å². The molecule has 0 saturated heterocycles. The number of hydrogen-bond donors (Lipinski definition) is 1. The predicted octanol–water partition coefficient (Wildman–Crippen LogP) is 3.42. The third-order valence-electron chi connectivity index (χ3n) is 3.16. The summed E-state index contributed by atoms with van der Waals surface area (Å²) >= 11 is 5.79. The largest absolute Gasteiger partial charge is 0.374 e. The van der Waals surface area contributed by atoms with Crippen LogP contribution in [0.2, 0.25) is 5.02 Å². The van der Waals surface area contributed by atoms with Gasteiger partial charge in [0.05, 0.1) is 10.6 Å². The molecule has 1 aromatic rings. The van der Waals surface area contributed by atoms with Crippen LogP contribution >= 0.6 is 11.6 Å². The maximum Gasteiger partial charge on any atom is 0.145 e. The zero-order valence-corrected chi connectivity index (χ0v) is 12.1. The Morgan fingerprint density at radius 1 is 1.44 bits per heavy atom. The summed E-state index contributed by atoms with van der Waals surface area (Å²) in [6, 6.07) is 5.10. The molecule has 0 aliphatic carbocycles. The van der Waals surface area contributed by atoms with Crippen molar-refractivity contribution < 1.29 is 9.13 Å². The van der Waals surface area contributed by atoms with Gasteiger partial charge in [-0.25, -0.2) is 4.39 Å². The average Bonchev–Trinajstić information content (AvgIpc) is 2.30. The molecule has 1 rings (SSSR count). The number of likely N-dealkylation sites (N-methyl/N-ethyl adjacent to an activating group) is 1. The van der Waals surface area contributed by atoms with Gasteiger partial charge in [-0.1, -0.05) is 23.7 Å². The first-order valence-corrected chi connectivity index (χ1v) is 6.54. The lowest BCUT2D eigenvalue weighted by Gasteiger charge is -2.34. The normalized spacial score (nSPS) is 13.7. The molecule has 1 aromatic carbocycles. The van der Waals surface area contributed by atoms with E-state index in [9.17, 15) is 4.39 Å². The van der Waals surface area contributed by atoms with Crippen molar-refractivity contribution in [3.8, 4) is 0 Å². The summed E-state index contributed by atoms with van der Waals surface area (Å²) in [6.07, 6.45) is 0.538. The summed E-state index contributed by atoms with van der Waals surface area (Å²) in [7, 11) is 1.86. The molecule has 1 N–H and O–H groups in total. The van der Waals surface area contributed by atoms with Crippen LogP contribution in [0.1, 0.15) is 26.3 Å². The topological polar surface area (TPSA) is 21.3 Å². The van der Waals surface area contributed by atoms with Gasteiger partial charge in [-0.3, -0.25) is 0 Å². The molecule has 0 aromatic heterocycles. The van der Waals surface area contributed by atoms with Crippen LogP contribution in [-0.2, 0) is 11.2 Å². The van der Waals surface area contributed by atoms with E-state index in [4.69, 9.17) is 16.3 Å². The molecule has 0 saturated carbocycles. The minimum absolute atomic E-state index is 0.0189. The molecule has 0 aliphatic heterocycles. The highest BCUT2D eigenvalue weighted by molar-refractivity contribution is 6.30. The smallest absolute Gasteiger partial charge is 0.145 e. The molecule has 0 fully saturated rings. The van der Waals surface area contributed by atoms with E-state index >= 15 is 0 Å². The Bertz CT molecular complexity index is 395. The first-order chi connectivity index (χ1) is 8.42. The lowest BCUT2D eigenvalue weighted by Crippen LogP contribution is -2.48. The number of rotatable bonds is 6. The zero-order chi connectivity index (χ0) is 13.8. The fraction of sp³-hybridized carbons (Fsp3) is 0.571. The Morgan fingerprint density at radius 3 is 2.67 bits per heavy atom. The van der Waals surface area contributed by atoms with Gasteiger partial charge in [0, 0.05) is 12.6 Å². The van der Waals surface area contributed by atoms with Crippen molar-refractivity contribution in [1.82, 2.24) is 5.32 Å². The van der Waals surface area contributed by atoms with Crippen LogP contribution in [0.3, 0.4) is 0 Å². The van der Waals surface area contributed by atoms with Gasteiger partial charge >= 0.3 is 0 Å². The van der Waals surface area contributed by atoms with Gasteiger partial charge in [-0.05, 0) is 45.9 Å². The van der Waals surface area contributed by atoms with Gasteiger partial charge in [-0.2, -0.15) is 0 Å². The highest BCUT2D eigenvalue weighted by atomic mass is 35.5. The second-order valence-electron chi connectivity index (χ2n) is 4.79. The fourth-order valence-electron chi connectivity index (χ4n) is 2.09. The quantitative estimate of drug-likeness (QED) is 0.857. The van der Waals surface area contributed by atoms with Crippen molar-refractivity contribution in [3.05, 3.63) is 34.6 Å². The van der Waals surface area contributed by atoms with Crippen LogP contribution in [0.15, 0.2) is 18.2 Å². The first kappa shape index (κ1) is 15.4. The van der Waals surface area contributed by atoms with Gasteiger partial charge in [0.25, 0.3) is 0 Å². The molecule has 0 amide bonds. The van der Waals surface area contributed by atoms with E-state index in [1.54, 1.807) is 18.2 Å². The van der Waals surface area contributed by atoms with Crippen molar-refractivity contribution in [2.45, 2.75) is 38.8 Å². The molecule has 1 unspecified atom stereocenters. The summed E-state index contributed by atoms with van der Waals surface area (Å²) in [5.74, 6) is -0.341. The monoisotopic (exact) mass is 273 g/mol. The van der Waals surface area contributed by atoms with Crippen molar-refractivity contribution in [2.24, 2.45) is 0 Å². The molecule has 0 spiro atoms. The molecule has 2 nitrogen and oxygen atoms in total. The standard InChI is InChI=1S/C14H21ClFNO/c1-5-18-14(2,3)12(17-4)9-10-7-6-8-11(15)13(10)16/h6-8,12,17H,5,9H2,1-4H3. The van der Waals surface area contributed by atoms with Gasteiger partial charge < -0.3 is 10.1 Å². The second-order valence-corrected chi connectivity index (χ2v) is 5.20. The number of halogens is 2. The van der Waals surface area contributed by atoms with Gasteiger partial charge in [0.1, 0.15) is 5.82 Å². The molecule has 102 valence electrons. The van der Waals surface area contributed by atoms with E-state index in [2.05, 4.69) is 5.32 Å². The molecule has 0 bridgehead atoms. The maximum absolute atomic E-state index is 13.9. The third-order valence-corrected chi connectivity index (χ3v) is 3.45. The van der Waals surface area contributed by atoms with E-state index in [0.717, 1.165) is 0 Å². The van der Waals surface area contributed by atoms with Crippen LogP contribution in [0.5, 0.6) is 0 Å². The van der Waals surface area contributed by atoms with Crippen LogP contribution in [0, 0.1) is 5.82 Å². The van der Waals surface area contributed by atoms with Crippen molar-refractivity contribution >= 4 is 11.6 Å². The van der Waals surface area contributed by atoms with E-state index in [1.165, 1.54) is 0 Å². The maximum atomic E-state index is 13.9. The highest BCUT2D eigenvalue weighted by Crippen LogP contribution is 2.23. The molecule has 1 atom stereocenters. The molecule has 0 aliphatic rings. The Balaban J connectivity index is 2.89. The average molecular weight is 274 g/mol. The Morgan fingerprint density at radius 2 is 2.11 bits per heavy atom. The van der Waals surface area contributed by atoms with Crippen molar-refractivity contribution in [1.29, 1.82) is 0 Å². The number of nitrogens with one attached hydrogen (secondary N) is 1. The molecule has 0 heterocycles. The highest BCUT2D eigenvalue weighted by Gasteiger charge is 2.29. The summed E-state index contributed by atoms with van der Waals surface area (Å²) < 4.78 is 19.6. The molecular formula is C14H21ClFNO. The SMILES string of the molecule is CCOC(C)(C)C(Cc1cccc(Cl)c1F)NC. The Hall–Kier alpha value is -0.640. The summed E-state index contributed by atoms with van der Waals surface area (Å²) in [5, 5.41) is 3.35. The van der Waals surface area contributed by atoms with E-state index in [1.807, 2.05) is 27.8 Å². The first-order valence-electron chi connectivity index (χ1n) is 6.16. The minimum Gasteiger partial charge on any atom is -0.374 e. The summed E-state index contributed by atoms with van der Waals surface area (Å²) in [6.45, 7) is 6.58. The molecule has 0 radical (unpaired) electrons. The zero-order valence-electron chi connectivity index (χ0n) is 11.4. The number of hydrogen-bond acceptors (Lipinski definition) is 2. The summed E-state index contributed by atoms with van der Waals surface area (Å²) in [4.78, 5) is 0. The second kappa shape index (κ2) is 6.50. The van der Waals surface area contributed by atoms with Gasteiger partial charge in [0.2, 0.25) is 0 Å². The van der Waals surface area contributed by atoms with E-state index in [0.29, 0.717) is 18.6 Å².